The Morgan fingerprint density at radius 3 is 0.933 bits per heavy atom. The molecule has 0 aliphatic heterocycles. The minimum absolute atomic E-state index is 0.584. The van der Waals surface area contributed by atoms with Gasteiger partial charge in [-0.15, -0.1) is 0 Å². The van der Waals surface area contributed by atoms with Crippen LogP contribution >= 0.6 is 0 Å². The molecule has 0 atom stereocenters. The molecule has 0 fully saturated rings. The fraction of sp³-hybridized carbons (Fsp3) is 0. The van der Waals surface area contributed by atoms with Gasteiger partial charge in [-0.25, -0.2) is 48.3 Å². The van der Waals surface area contributed by atoms with Crippen molar-refractivity contribution in [3.8, 4) is 0 Å². The average molecular weight is 440 g/mol. The van der Waals surface area contributed by atoms with Crippen molar-refractivity contribution in [1.82, 2.24) is 0 Å². The van der Waals surface area contributed by atoms with Gasteiger partial charge in [-0.05, 0) is 12.1 Å². The minimum Gasteiger partial charge on any atom is -0.207 e. The van der Waals surface area contributed by atoms with E-state index >= 15 is 0 Å². The lowest BCUT2D eigenvalue weighted by Crippen LogP contribution is -2.58. The molecule has 0 nitrogen and oxygen atoms in total. The lowest BCUT2D eigenvalue weighted by atomic mass is 9.36. The molecular formula is C18H4BF11. The molecule has 156 valence electrons. The van der Waals surface area contributed by atoms with Crippen molar-refractivity contribution in [2.45, 2.75) is 0 Å². The highest BCUT2D eigenvalue weighted by molar-refractivity contribution is 6.95. The smallest absolute Gasteiger partial charge is 0.207 e. The third-order valence-electron chi connectivity index (χ3n) is 4.27. The summed E-state index contributed by atoms with van der Waals surface area (Å²) in [6.45, 7) is -2.71. The Bertz CT molecular complexity index is 1030. The van der Waals surface area contributed by atoms with E-state index in [4.69, 9.17) is 0 Å². The van der Waals surface area contributed by atoms with Crippen LogP contribution in [0.5, 0.6) is 0 Å². The number of benzene rings is 3. The lowest BCUT2D eigenvalue weighted by Gasteiger charge is -2.20. The van der Waals surface area contributed by atoms with Crippen molar-refractivity contribution in [3.63, 3.8) is 0 Å². The highest BCUT2D eigenvalue weighted by Gasteiger charge is 2.40. The zero-order valence-electron chi connectivity index (χ0n) is 14.0. The van der Waals surface area contributed by atoms with Gasteiger partial charge in [-0.2, -0.15) is 0 Å². The van der Waals surface area contributed by atoms with Crippen LogP contribution in [0.3, 0.4) is 0 Å². The molecule has 0 N–H and O–H groups in total. The highest BCUT2D eigenvalue weighted by atomic mass is 19.2. The van der Waals surface area contributed by atoms with Crippen LogP contribution < -0.4 is 16.4 Å². The van der Waals surface area contributed by atoms with Gasteiger partial charge in [0.25, 0.3) is 6.71 Å². The van der Waals surface area contributed by atoms with E-state index in [1.807, 2.05) is 0 Å². The summed E-state index contributed by atoms with van der Waals surface area (Å²) in [6.07, 6.45) is 0. The van der Waals surface area contributed by atoms with E-state index in [0.29, 0.717) is 24.3 Å². The van der Waals surface area contributed by atoms with Gasteiger partial charge in [0.1, 0.15) is 5.82 Å². The second kappa shape index (κ2) is 7.65. The van der Waals surface area contributed by atoms with E-state index in [1.165, 1.54) is 0 Å². The first-order chi connectivity index (χ1) is 14.0. The largest absolute Gasteiger partial charge is 0.257 e. The molecule has 0 saturated carbocycles. The molecule has 3 aromatic carbocycles. The SMILES string of the molecule is Fc1ccc(B(c2c(F)c(F)c(F)c(F)c2F)c2c(F)c(F)c(F)c(F)c2F)cc1. The Balaban J connectivity index is 2.50. The van der Waals surface area contributed by atoms with E-state index in [1.54, 1.807) is 0 Å². The molecule has 12 heteroatoms. The van der Waals surface area contributed by atoms with Crippen molar-refractivity contribution < 1.29 is 48.3 Å². The Hall–Kier alpha value is -3.05. The molecule has 0 aromatic heterocycles. The highest BCUT2D eigenvalue weighted by Crippen LogP contribution is 2.20. The maximum absolute atomic E-state index is 14.3. The van der Waals surface area contributed by atoms with Crippen LogP contribution in [0.4, 0.5) is 48.3 Å². The monoisotopic (exact) mass is 440 g/mol. The fourth-order valence-corrected chi connectivity index (χ4v) is 2.88. The molecule has 0 spiro atoms. The summed E-state index contributed by atoms with van der Waals surface area (Å²) in [5, 5.41) is 0. The summed E-state index contributed by atoms with van der Waals surface area (Å²) in [5.74, 6) is -26.5. The molecule has 0 heterocycles. The minimum atomic E-state index is -2.71. The number of rotatable bonds is 3. The Labute approximate surface area is 160 Å². The van der Waals surface area contributed by atoms with Gasteiger partial charge >= 0.3 is 0 Å². The molecule has 0 unspecified atom stereocenters. The van der Waals surface area contributed by atoms with Gasteiger partial charge in [0, 0.05) is 10.9 Å². The van der Waals surface area contributed by atoms with E-state index in [0.717, 1.165) is 0 Å². The molecule has 0 aliphatic rings. The molecule has 0 radical (unpaired) electrons. The summed E-state index contributed by atoms with van der Waals surface area (Å²) in [4.78, 5) is 0. The summed E-state index contributed by atoms with van der Waals surface area (Å²) in [7, 11) is 0. The van der Waals surface area contributed by atoms with Crippen molar-refractivity contribution in [2.24, 2.45) is 0 Å². The molecule has 3 rings (SSSR count). The molecule has 0 bridgehead atoms. The third kappa shape index (κ3) is 3.19. The molecule has 3 aromatic rings. The van der Waals surface area contributed by atoms with Crippen molar-refractivity contribution in [1.29, 1.82) is 0 Å². The van der Waals surface area contributed by atoms with Gasteiger partial charge in [0.2, 0.25) is 0 Å². The normalized spacial score (nSPS) is 11.2. The number of hydrogen-bond acceptors (Lipinski definition) is 0. The van der Waals surface area contributed by atoms with Crippen molar-refractivity contribution in [2.75, 3.05) is 0 Å². The van der Waals surface area contributed by atoms with Gasteiger partial charge in [-0.1, -0.05) is 17.6 Å². The van der Waals surface area contributed by atoms with Crippen LogP contribution in [0, 0.1) is 64.0 Å². The summed E-state index contributed by atoms with van der Waals surface area (Å²) >= 11 is 0. The average Bonchev–Trinajstić information content (AvgIpc) is 2.73. The summed E-state index contributed by atoms with van der Waals surface area (Å²) in [5.41, 5.74) is -4.50. The van der Waals surface area contributed by atoms with E-state index < -0.39 is 87.1 Å². The standard InChI is InChI=1S/C18H4BF11/c20-6-3-1-5(2-4-6)19(7-9(21)13(25)17(29)14(26)10(7)22)8-11(23)15(27)18(30)16(28)12(8)24/h1-4H. The lowest BCUT2D eigenvalue weighted by molar-refractivity contribution is 0.382. The summed E-state index contributed by atoms with van der Waals surface area (Å²) < 4.78 is 152. The quantitative estimate of drug-likeness (QED) is 0.252. The van der Waals surface area contributed by atoms with Crippen LogP contribution in [0.15, 0.2) is 24.3 Å². The second-order valence-corrected chi connectivity index (χ2v) is 5.95. The fourth-order valence-electron chi connectivity index (χ4n) is 2.88. The number of hydrogen-bond donors (Lipinski definition) is 0. The van der Waals surface area contributed by atoms with E-state index in [-0.39, 0.29) is 0 Å². The van der Waals surface area contributed by atoms with Crippen LogP contribution in [0.2, 0.25) is 0 Å². The third-order valence-corrected chi connectivity index (χ3v) is 4.27. The van der Waals surface area contributed by atoms with Gasteiger partial charge < -0.3 is 0 Å². The molecular weight excluding hydrogens is 436 g/mol. The first-order valence-corrected chi connectivity index (χ1v) is 7.77. The first kappa shape index (κ1) is 21.7. The van der Waals surface area contributed by atoms with Gasteiger partial charge in [-0.3, -0.25) is 0 Å². The Morgan fingerprint density at radius 2 is 0.633 bits per heavy atom. The molecule has 0 saturated heterocycles. The number of halogens is 11. The van der Waals surface area contributed by atoms with Crippen molar-refractivity contribution in [3.05, 3.63) is 88.3 Å². The van der Waals surface area contributed by atoms with Crippen LogP contribution in [-0.4, -0.2) is 6.71 Å². The Morgan fingerprint density at radius 1 is 0.367 bits per heavy atom. The van der Waals surface area contributed by atoms with Crippen molar-refractivity contribution >= 4 is 23.1 Å². The van der Waals surface area contributed by atoms with Crippen LogP contribution in [0.1, 0.15) is 0 Å². The summed E-state index contributed by atoms with van der Waals surface area (Å²) in [6, 6.07) is 2.41. The predicted octanol–water partition coefficient (Wildman–Crippen LogP) is 3.73. The first-order valence-electron chi connectivity index (χ1n) is 7.77. The Kier molecular flexibility index (Phi) is 5.53. The zero-order chi connectivity index (χ0) is 22.5. The second-order valence-electron chi connectivity index (χ2n) is 5.95. The maximum Gasteiger partial charge on any atom is 0.257 e. The topological polar surface area (TPSA) is 0 Å². The molecule has 30 heavy (non-hydrogen) atoms. The van der Waals surface area contributed by atoms with Crippen LogP contribution in [0.25, 0.3) is 0 Å². The predicted molar refractivity (Wildman–Crippen MR) is 83.5 cm³/mol. The van der Waals surface area contributed by atoms with E-state index in [2.05, 4.69) is 0 Å². The maximum atomic E-state index is 14.3. The zero-order valence-corrected chi connectivity index (χ0v) is 14.0. The van der Waals surface area contributed by atoms with E-state index in [9.17, 15) is 48.3 Å². The van der Waals surface area contributed by atoms with Gasteiger partial charge in [0.15, 0.2) is 58.2 Å². The molecule has 0 aliphatic carbocycles. The van der Waals surface area contributed by atoms with Gasteiger partial charge in [0.05, 0.1) is 0 Å². The van der Waals surface area contributed by atoms with Crippen LogP contribution in [-0.2, 0) is 0 Å². The molecule has 0 amide bonds.